The van der Waals surface area contributed by atoms with Crippen molar-refractivity contribution in [2.24, 2.45) is 0 Å². The number of rotatable bonds is 2. The number of hydrogen-bond donors (Lipinski definition) is 0. The number of aromatic nitrogens is 2. The number of nitrogens with zero attached hydrogens (tertiary/aromatic N) is 2. The molecule has 1 heterocycles. The first kappa shape index (κ1) is 10.1. The van der Waals surface area contributed by atoms with E-state index in [1.807, 2.05) is 31.2 Å². The molecule has 0 aliphatic rings. The first-order valence-corrected chi connectivity index (χ1v) is 4.95. The van der Waals surface area contributed by atoms with Crippen LogP contribution in [-0.4, -0.2) is 16.9 Å². The molecule has 2 aromatic rings. The lowest BCUT2D eigenvalue weighted by Gasteiger charge is -2.07. The van der Waals surface area contributed by atoms with Gasteiger partial charge in [0.25, 0.3) is 0 Å². The fraction of sp³-hybridized carbons (Fsp3) is 0.182. The van der Waals surface area contributed by atoms with Crippen molar-refractivity contribution in [3.8, 4) is 11.4 Å². The molecule has 3 nitrogen and oxygen atoms in total. The molecule has 2 rings (SSSR count). The summed E-state index contributed by atoms with van der Waals surface area (Å²) in [5.74, 6) is 0.775. The largest absolute Gasteiger partial charge is 0.494 e. The summed E-state index contributed by atoms with van der Waals surface area (Å²) in [5.41, 5.74) is 1.69. The smallest absolute Gasteiger partial charge is 0.144 e. The molecule has 0 unspecified atom stereocenters. The average Bonchev–Trinajstić information content (AvgIpc) is 2.59. The van der Waals surface area contributed by atoms with Crippen LogP contribution in [0.4, 0.5) is 0 Å². The molecule has 1 aromatic carbocycles. The summed E-state index contributed by atoms with van der Waals surface area (Å²) in [6.07, 6.45) is 1.77. The van der Waals surface area contributed by atoms with Gasteiger partial charge in [-0.15, -0.1) is 0 Å². The number of ether oxygens (including phenoxy) is 1. The van der Waals surface area contributed by atoms with Crippen LogP contribution in [0, 0.1) is 6.92 Å². The van der Waals surface area contributed by atoms with E-state index in [1.54, 1.807) is 18.0 Å². The summed E-state index contributed by atoms with van der Waals surface area (Å²) < 4.78 is 6.96. The summed E-state index contributed by atoms with van der Waals surface area (Å²) in [4.78, 5) is 0. The standard InChI is InChI=1S/C11H11ClN2O/c1-8-9(12)7-14(13-8)10-5-3-4-6-11(10)15-2/h3-7H,1-2H3. The SMILES string of the molecule is COc1ccccc1-n1cc(Cl)c(C)n1. The molecular formula is C11H11ClN2O. The quantitative estimate of drug-likeness (QED) is 0.781. The van der Waals surface area contributed by atoms with Crippen molar-refractivity contribution < 1.29 is 4.74 Å². The zero-order valence-corrected chi connectivity index (χ0v) is 9.32. The third-order valence-corrected chi connectivity index (χ3v) is 2.54. The lowest BCUT2D eigenvalue weighted by molar-refractivity contribution is 0.411. The van der Waals surface area contributed by atoms with Gasteiger partial charge in [0.2, 0.25) is 0 Å². The van der Waals surface area contributed by atoms with E-state index in [-0.39, 0.29) is 0 Å². The van der Waals surface area contributed by atoms with Gasteiger partial charge >= 0.3 is 0 Å². The van der Waals surface area contributed by atoms with Gasteiger partial charge in [0.05, 0.1) is 17.8 Å². The number of halogens is 1. The summed E-state index contributed by atoms with van der Waals surface area (Å²) in [6.45, 7) is 1.87. The average molecular weight is 223 g/mol. The van der Waals surface area contributed by atoms with E-state index in [0.29, 0.717) is 5.02 Å². The molecule has 0 fully saturated rings. The minimum Gasteiger partial charge on any atom is -0.494 e. The van der Waals surface area contributed by atoms with Gasteiger partial charge in [0.1, 0.15) is 11.4 Å². The number of methoxy groups -OCH3 is 1. The van der Waals surface area contributed by atoms with E-state index >= 15 is 0 Å². The molecule has 0 spiro atoms. The van der Waals surface area contributed by atoms with Crippen molar-refractivity contribution in [1.29, 1.82) is 0 Å². The Morgan fingerprint density at radius 2 is 2.07 bits per heavy atom. The second kappa shape index (κ2) is 3.95. The van der Waals surface area contributed by atoms with Crippen LogP contribution in [0.5, 0.6) is 5.75 Å². The zero-order valence-electron chi connectivity index (χ0n) is 8.57. The molecular weight excluding hydrogens is 212 g/mol. The maximum atomic E-state index is 5.95. The summed E-state index contributed by atoms with van der Waals surface area (Å²) >= 11 is 5.95. The topological polar surface area (TPSA) is 27.1 Å². The van der Waals surface area contributed by atoms with Crippen molar-refractivity contribution in [3.63, 3.8) is 0 Å². The first-order valence-electron chi connectivity index (χ1n) is 4.57. The molecule has 0 radical (unpaired) electrons. The van der Waals surface area contributed by atoms with Gasteiger partial charge in [-0.05, 0) is 19.1 Å². The Labute approximate surface area is 93.2 Å². The highest BCUT2D eigenvalue weighted by atomic mass is 35.5. The van der Waals surface area contributed by atoms with Gasteiger partial charge in [0, 0.05) is 6.20 Å². The molecule has 0 atom stereocenters. The Morgan fingerprint density at radius 1 is 1.33 bits per heavy atom. The van der Waals surface area contributed by atoms with Gasteiger partial charge in [-0.25, -0.2) is 4.68 Å². The van der Waals surface area contributed by atoms with Crippen molar-refractivity contribution >= 4 is 11.6 Å². The molecule has 78 valence electrons. The summed E-state index contributed by atoms with van der Waals surface area (Å²) in [6, 6.07) is 7.67. The van der Waals surface area contributed by atoms with Gasteiger partial charge in [0.15, 0.2) is 0 Å². The second-order valence-corrected chi connectivity index (χ2v) is 3.59. The maximum Gasteiger partial charge on any atom is 0.144 e. The highest BCUT2D eigenvalue weighted by Gasteiger charge is 2.07. The Bertz CT molecular complexity index is 460. The molecule has 15 heavy (non-hydrogen) atoms. The minimum absolute atomic E-state index is 0.654. The van der Waals surface area contributed by atoms with E-state index in [4.69, 9.17) is 16.3 Å². The van der Waals surface area contributed by atoms with Crippen molar-refractivity contribution in [2.45, 2.75) is 6.92 Å². The summed E-state index contributed by atoms with van der Waals surface area (Å²) in [5, 5.41) is 4.95. The Kier molecular flexibility index (Phi) is 2.64. The molecule has 0 bridgehead atoms. The molecule has 4 heteroatoms. The maximum absolute atomic E-state index is 5.95. The van der Waals surface area contributed by atoms with Crippen LogP contribution in [0.25, 0.3) is 5.69 Å². The molecule has 1 aromatic heterocycles. The molecule has 0 saturated heterocycles. The predicted molar refractivity (Wildman–Crippen MR) is 59.9 cm³/mol. The number of para-hydroxylation sites is 2. The van der Waals surface area contributed by atoms with E-state index < -0.39 is 0 Å². The molecule has 0 aliphatic carbocycles. The van der Waals surface area contributed by atoms with Crippen molar-refractivity contribution in [1.82, 2.24) is 9.78 Å². The number of benzene rings is 1. The minimum atomic E-state index is 0.654. The molecule has 0 N–H and O–H groups in total. The third-order valence-electron chi connectivity index (χ3n) is 2.17. The third kappa shape index (κ3) is 1.83. The van der Waals surface area contributed by atoms with E-state index in [9.17, 15) is 0 Å². The molecule has 0 aliphatic heterocycles. The van der Waals surface area contributed by atoms with Crippen molar-refractivity contribution in [2.75, 3.05) is 7.11 Å². The first-order chi connectivity index (χ1) is 7.22. The van der Waals surface area contributed by atoms with Gasteiger partial charge in [-0.1, -0.05) is 23.7 Å². The number of hydrogen-bond acceptors (Lipinski definition) is 2. The van der Waals surface area contributed by atoms with Gasteiger partial charge < -0.3 is 4.74 Å². The normalized spacial score (nSPS) is 10.3. The van der Waals surface area contributed by atoms with E-state index in [1.165, 1.54) is 0 Å². The van der Waals surface area contributed by atoms with Gasteiger partial charge in [-0.2, -0.15) is 5.10 Å². The van der Waals surface area contributed by atoms with Crippen LogP contribution in [-0.2, 0) is 0 Å². The van der Waals surface area contributed by atoms with Gasteiger partial charge in [-0.3, -0.25) is 0 Å². The Morgan fingerprint density at radius 3 is 2.67 bits per heavy atom. The summed E-state index contributed by atoms with van der Waals surface area (Å²) in [7, 11) is 1.64. The fourth-order valence-electron chi connectivity index (χ4n) is 1.38. The fourth-order valence-corrected chi connectivity index (χ4v) is 1.51. The van der Waals surface area contributed by atoms with Crippen LogP contribution >= 0.6 is 11.6 Å². The van der Waals surface area contributed by atoms with Crippen LogP contribution in [0.15, 0.2) is 30.5 Å². The Balaban J connectivity index is 2.53. The van der Waals surface area contributed by atoms with E-state index in [2.05, 4.69) is 5.10 Å². The zero-order chi connectivity index (χ0) is 10.8. The monoisotopic (exact) mass is 222 g/mol. The highest BCUT2D eigenvalue weighted by molar-refractivity contribution is 6.31. The Hall–Kier alpha value is -1.48. The van der Waals surface area contributed by atoms with Crippen LogP contribution in [0.3, 0.4) is 0 Å². The van der Waals surface area contributed by atoms with Crippen LogP contribution in [0.1, 0.15) is 5.69 Å². The van der Waals surface area contributed by atoms with Crippen molar-refractivity contribution in [3.05, 3.63) is 41.2 Å². The van der Waals surface area contributed by atoms with Crippen LogP contribution in [0.2, 0.25) is 5.02 Å². The van der Waals surface area contributed by atoms with E-state index in [0.717, 1.165) is 17.1 Å². The molecule has 0 saturated carbocycles. The lowest BCUT2D eigenvalue weighted by Crippen LogP contribution is -1.98. The lowest BCUT2D eigenvalue weighted by atomic mass is 10.3. The molecule has 0 amide bonds. The number of aryl methyl sites for hydroxylation is 1. The second-order valence-electron chi connectivity index (χ2n) is 3.18. The van der Waals surface area contributed by atoms with Crippen LogP contribution < -0.4 is 4.74 Å². The predicted octanol–water partition coefficient (Wildman–Crippen LogP) is 2.84. The highest BCUT2D eigenvalue weighted by Crippen LogP contribution is 2.23.